The third-order valence-electron chi connectivity index (χ3n) is 3.29. The molecule has 1 N–H and O–H groups in total. The van der Waals surface area contributed by atoms with Gasteiger partial charge in [0.1, 0.15) is 0 Å². The van der Waals surface area contributed by atoms with Crippen LogP contribution in [0.5, 0.6) is 0 Å². The van der Waals surface area contributed by atoms with Crippen LogP contribution in [0.15, 0.2) is 0 Å². The quantitative estimate of drug-likeness (QED) is 0.727. The van der Waals surface area contributed by atoms with Crippen LogP contribution >= 0.6 is 0 Å². The third-order valence-corrected chi connectivity index (χ3v) is 5.29. The van der Waals surface area contributed by atoms with Crippen molar-refractivity contribution in [2.75, 3.05) is 45.9 Å². The van der Waals surface area contributed by atoms with E-state index in [4.69, 9.17) is 4.74 Å². The van der Waals surface area contributed by atoms with Gasteiger partial charge in [-0.25, -0.2) is 0 Å². The summed E-state index contributed by atoms with van der Waals surface area (Å²) < 4.78 is 33.4. The summed E-state index contributed by atoms with van der Waals surface area (Å²) in [5, 5.41) is 3.16. The highest BCUT2D eigenvalue weighted by Gasteiger charge is 2.33. The number of hydrogen-bond acceptors (Lipinski definition) is 4. The molecule has 0 amide bonds. The maximum Gasteiger partial charge on any atom is 0.282 e. The van der Waals surface area contributed by atoms with Crippen molar-refractivity contribution in [1.29, 1.82) is 0 Å². The Bertz CT molecular complexity index is 341. The monoisotopic (exact) mass is 263 g/mol. The molecule has 0 saturated carbocycles. The summed E-state index contributed by atoms with van der Waals surface area (Å²) in [5.74, 6) is 0. The first-order chi connectivity index (χ1) is 8.14. The number of nitrogens with one attached hydrogen (secondary N) is 1. The van der Waals surface area contributed by atoms with Crippen molar-refractivity contribution < 1.29 is 13.2 Å². The number of nitrogens with zero attached hydrogens (tertiary/aromatic N) is 2. The Morgan fingerprint density at radius 2 is 1.94 bits per heavy atom. The topological polar surface area (TPSA) is 61.9 Å². The van der Waals surface area contributed by atoms with Crippen LogP contribution in [0.4, 0.5) is 0 Å². The second-order valence-corrected chi connectivity index (χ2v) is 6.34. The van der Waals surface area contributed by atoms with Gasteiger partial charge in [0.15, 0.2) is 0 Å². The van der Waals surface area contributed by atoms with Gasteiger partial charge in [0.2, 0.25) is 0 Å². The molecule has 6 nitrogen and oxygen atoms in total. The van der Waals surface area contributed by atoms with Gasteiger partial charge < -0.3 is 10.1 Å². The van der Waals surface area contributed by atoms with E-state index >= 15 is 0 Å². The lowest BCUT2D eigenvalue weighted by Crippen LogP contribution is -2.55. The van der Waals surface area contributed by atoms with Crippen molar-refractivity contribution in [3.05, 3.63) is 0 Å². The molecule has 0 aliphatic carbocycles. The first-order valence-electron chi connectivity index (χ1n) is 6.22. The van der Waals surface area contributed by atoms with Gasteiger partial charge in [0, 0.05) is 39.3 Å². The Morgan fingerprint density at radius 1 is 1.24 bits per heavy atom. The Balaban J connectivity index is 2.03. The van der Waals surface area contributed by atoms with Gasteiger partial charge in [0.25, 0.3) is 10.2 Å². The van der Waals surface area contributed by atoms with Crippen LogP contribution in [-0.2, 0) is 14.9 Å². The van der Waals surface area contributed by atoms with E-state index in [9.17, 15) is 8.42 Å². The highest BCUT2D eigenvalue weighted by atomic mass is 32.2. The molecule has 1 atom stereocenters. The lowest BCUT2D eigenvalue weighted by molar-refractivity contribution is -0.00460. The highest BCUT2D eigenvalue weighted by molar-refractivity contribution is 7.86. The molecule has 2 aliphatic heterocycles. The Hall–Kier alpha value is -0.210. The number of ether oxygens (including phenoxy) is 1. The molecule has 2 heterocycles. The van der Waals surface area contributed by atoms with Gasteiger partial charge in [-0.1, -0.05) is 6.92 Å². The fraction of sp³-hybridized carbons (Fsp3) is 1.00. The minimum absolute atomic E-state index is 0.0430. The normalized spacial score (nSPS) is 29.4. The second kappa shape index (κ2) is 5.62. The van der Waals surface area contributed by atoms with Crippen LogP contribution in [0, 0.1) is 0 Å². The van der Waals surface area contributed by atoms with Gasteiger partial charge in [-0.3, -0.25) is 0 Å². The van der Waals surface area contributed by atoms with Gasteiger partial charge in [0.05, 0.1) is 12.7 Å². The largest absolute Gasteiger partial charge is 0.375 e. The molecular formula is C10H21N3O3S. The standard InChI is InChI=1S/C10H21N3O3S/c1-2-10-9-13(7-8-16-10)17(14,15)12-5-3-11-4-6-12/h10-11H,2-9H2,1H3. The van der Waals surface area contributed by atoms with E-state index in [1.807, 2.05) is 6.92 Å². The van der Waals surface area contributed by atoms with E-state index in [-0.39, 0.29) is 6.10 Å². The van der Waals surface area contributed by atoms with Crippen molar-refractivity contribution in [2.45, 2.75) is 19.4 Å². The summed E-state index contributed by atoms with van der Waals surface area (Å²) in [6.45, 7) is 6.09. The van der Waals surface area contributed by atoms with Crippen molar-refractivity contribution >= 4 is 10.2 Å². The van der Waals surface area contributed by atoms with Crippen molar-refractivity contribution in [3.63, 3.8) is 0 Å². The summed E-state index contributed by atoms with van der Waals surface area (Å²) in [6, 6.07) is 0. The molecule has 2 fully saturated rings. The summed E-state index contributed by atoms with van der Waals surface area (Å²) >= 11 is 0. The van der Waals surface area contributed by atoms with Crippen LogP contribution in [-0.4, -0.2) is 69.0 Å². The molecule has 1 unspecified atom stereocenters. The second-order valence-electron chi connectivity index (χ2n) is 4.42. The molecule has 7 heteroatoms. The molecule has 0 radical (unpaired) electrons. The Labute approximate surface area is 103 Å². The third kappa shape index (κ3) is 2.97. The summed E-state index contributed by atoms with van der Waals surface area (Å²) in [5.41, 5.74) is 0. The van der Waals surface area contributed by atoms with Crippen LogP contribution in [0.1, 0.15) is 13.3 Å². The van der Waals surface area contributed by atoms with Crippen molar-refractivity contribution in [1.82, 2.24) is 13.9 Å². The van der Waals surface area contributed by atoms with Crippen molar-refractivity contribution in [2.24, 2.45) is 0 Å². The SMILES string of the molecule is CCC1CN(S(=O)(=O)N2CCNCC2)CCO1. The Morgan fingerprint density at radius 3 is 2.59 bits per heavy atom. The molecule has 2 aliphatic rings. The molecule has 0 aromatic heterocycles. The molecule has 100 valence electrons. The van der Waals surface area contributed by atoms with E-state index in [0.717, 1.165) is 19.5 Å². The molecule has 0 bridgehead atoms. The predicted molar refractivity (Wildman–Crippen MR) is 65.0 cm³/mol. The lowest BCUT2D eigenvalue weighted by atomic mass is 10.2. The highest BCUT2D eigenvalue weighted by Crippen LogP contribution is 2.15. The van der Waals surface area contributed by atoms with E-state index in [2.05, 4.69) is 5.32 Å². The average Bonchev–Trinajstić information content (AvgIpc) is 2.40. The smallest absolute Gasteiger partial charge is 0.282 e. The van der Waals surface area contributed by atoms with Crippen LogP contribution in [0.25, 0.3) is 0 Å². The van der Waals surface area contributed by atoms with Crippen molar-refractivity contribution in [3.8, 4) is 0 Å². The molecule has 0 aromatic rings. The fourth-order valence-electron chi connectivity index (χ4n) is 2.19. The van der Waals surface area contributed by atoms with E-state index in [1.54, 1.807) is 8.61 Å². The molecule has 2 saturated heterocycles. The van der Waals surface area contributed by atoms with E-state index in [0.29, 0.717) is 32.8 Å². The van der Waals surface area contributed by atoms with Crippen LogP contribution in [0.3, 0.4) is 0 Å². The number of rotatable bonds is 3. The lowest BCUT2D eigenvalue weighted by Gasteiger charge is -2.36. The summed E-state index contributed by atoms with van der Waals surface area (Å²) in [7, 11) is -3.28. The minimum Gasteiger partial charge on any atom is -0.375 e. The molecule has 2 rings (SSSR count). The summed E-state index contributed by atoms with van der Waals surface area (Å²) in [4.78, 5) is 0. The molecular weight excluding hydrogens is 242 g/mol. The fourth-order valence-corrected chi connectivity index (χ4v) is 3.82. The van der Waals surface area contributed by atoms with Crippen LogP contribution < -0.4 is 5.32 Å². The van der Waals surface area contributed by atoms with E-state index < -0.39 is 10.2 Å². The van der Waals surface area contributed by atoms with Gasteiger partial charge >= 0.3 is 0 Å². The zero-order chi connectivity index (χ0) is 12.3. The van der Waals surface area contributed by atoms with Gasteiger partial charge in [-0.15, -0.1) is 0 Å². The number of piperazine rings is 1. The molecule has 0 spiro atoms. The van der Waals surface area contributed by atoms with Gasteiger partial charge in [-0.2, -0.15) is 17.0 Å². The first kappa shape index (κ1) is 13.2. The Kier molecular flexibility index (Phi) is 4.37. The van der Waals surface area contributed by atoms with Crippen LogP contribution in [0.2, 0.25) is 0 Å². The number of morpholine rings is 1. The zero-order valence-electron chi connectivity index (χ0n) is 10.3. The predicted octanol–water partition coefficient (Wildman–Crippen LogP) is -0.753. The molecule has 17 heavy (non-hydrogen) atoms. The van der Waals surface area contributed by atoms with E-state index in [1.165, 1.54) is 0 Å². The zero-order valence-corrected chi connectivity index (χ0v) is 11.1. The first-order valence-corrected chi connectivity index (χ1v) is 7.62. The average molecular weight is 263 g/mol. The minimum atomic E-state index is -3.28. The molecule has 0 aromatic carbocycles. The number of hydrogen-bond donors (Lipinski definition) is 1. The van der Waals surface area contributed by atoms with Gasteiger partial charge in [-0.05, 0) is 6.42 Å². The maximum atomic E-state index is 12.4. The maximum absolute atomic E-state index is 12.4. The summed E-state index contributed by atoms with van der Waals surface area (Å²) in [6.07, 6.45) is 0.898.